The maximum Gasteiger partial charge on any atom is 0.219 e. The molecule has 2 nitrogen and oxygen atoms in total. The second kappa shape index (κ2) is 4.13. The van der Waals surface area contributed by atoms with E-state index in [-0.39, 0.29) is 5.91 Å². The zero-order valence-electron chi connectivity index (χ0n) is 8.78. The van der Waals surface area contributed by atoms with E-state index in [1.165, 1.54) is 25.7 Å². The van der Waals surface area contributed by atoms with Crippen LogP contribution < -0.4 is 0 Å². The molecule has 3 unspecified atom stereocenters. The molecule has 0 aromatic heterocycles. The van der Waals surface area contributed by atoms with Crippen molar-refractivity contribution in [2.45, 2.75) is 38.6 Å². The van der Waals surface area contributed by atoms with E-state index in [0.717, 1.165) is 24.1 Å². The first-order chi connectivity index (χ1) is 6.74. The van der Waals surface area contributed by atoms with Crippen LogP contribution in [0.2, 0.25) is 0 Å². The van der Waals surface area contributed by atoms with Crippen LogP contribution in [-0.2, 0) is 4.79 Å². The first-order valence-corrected chi connectivity index (χ1v) is 6.25. The standard InChI is InChI=1S/C11H19NOS/c1-8(13)12-5-3-2-4-11(12)10-6-9(10)7-14/h9-11,14H,2-7H2,1H3. The van der Waals surface area contributed by atoms with Gasteiger partial charge < -0.3 is 4.90 Å². The third-order valence-electron chi connectivity index (χ3n) is 3.66. The van der Waals surface area contributed by atoms with E-state index in [1.54, 1.807) is 6.92 Å². The highest BCUT2D eigenvalue weighted by Crippen LogP contribution is 2.46. The van der Waals surface area contributed by atoms with Crippen molar-refractivity contribution in [1.82, 2.24) is 4.90 Å². The molecule has 0 aromatic rings. The number of thiol groups is 1. The fourth-order valence-electron chi connectivity index (χ4n) is 2.75. The van der Waals surface area contributed by atoms with Gasteiger partial charge in [-0.05, 0) is 43.3 Å². The van der Waals surface area contributed by atoms with Crippen molar-refractivity contribution >= 4 is 18.5 Å². The van der Waals surface area contributed by atoms with Crippen molar-refractivity contribution in [3.8, 4) is 0 Å². The Morgan fingerprint density at radius 3 is 2.86 bits per heavy atom. The van der Waals surface area contributed by atoms with Crippen molar-refractivity contribution in [3.05, 3.63) is 0 Å². The molecule has 1 aliphatic heterocycles. The van der Waals surface area contributed by atoms with Gasteiger partial charge in [0.05, 0.1) is 0 Å². The molecule has 2 aliphatic rings. The molecule has 2 rings (SSSR count). The van der Waals surface area contributed by atoms with Gasteiger partial charge in [0.2, 0.25) is 5.91 Å². The minimum Gasteiger partial charge on any atom is -0.340 e. The number of nitrogens with zero attached hydrogens (tertiary/aromatic N) is 1. The molecule has 3 atom stereocenters. The number of amides is 1. The van der Waals surface area contributed by atoms with E-state index >= 15 is 0 Å². The Bertz CT molecular complexity index is 231. The molecule has 0 N–H and O–H groups in total. The summed E-state index contributed by atoms with van der Waals surface area (Å²) >= 11 is 4.33. The number of likely N-dealkylation sites (tertiary alicyclic amines) is 1. The Kier molecular flexibility index (Phi) is 3.05. The Morgan fingerprint density at radius 1 is 1.50 bits per heavy atom. The van der Waals surface area contributed by atoms with Crippen LogP contribution in [-0.4, -0.2) is 29.1 Å². The Morgan fingerprint density at radius 2 is 2.29 bits per heavy atom. The molecule has 0 aromatic carbocycles. The highest BCUT2D eigenvalue weighted by Gasteiger charge is 2.45. The van der Waals surface area contributed by atoms with Crippen LogP contribution in [0.1, 0.15) is 32.6 Å². The van der Waals surface area contributed by atoms with Crippen molar-refractivity contribution < 1.29 is 4.79 Å². The van der Waals surface area contributed by atoms with Gasteiger partial charge in [-0.2, -0.15) is 12.6 Å². The van der Waals surface area contributed by atoms with Crippen LogP contribution in [0, 0.1) is 11.8 Å². The molecule has 1 amide bonds. The average molecular weight is 213 g/mol. The van der Waals surface area contributed by atoms with Crippen LogP contribution in [0.4, 0.5) is 0 Å². The summed E-state index contributed by atoms with van der Waals surface area (Å²) in [7, 11) is 0. The van der Waals surface area contributed by atoms with Gasteiger partial charge >= 0.3 is 0 Å². The Balaban J connectivity index is 1.97. The van der Waals surface area contributed by atoms with Gasteiger partial charge in [0.1, 0.15) is 0 Å². The lowest BCUT2D eigenvalue weighted by Gasteiger charge is -2.35. The molecule has 2 fully saturated rings. The highest BCUT2D eigenvalue weighted by atomic mass is 32.1. The van der Waals surface area contributed by atoms with Crippen LogP contribution >= 0.6 is 12.6 Å². The molecule has 1 saturated carbocycles. The van der Waals surface area contributed by atoms with Crippen molar-refractivity contribution in [2.75, 3.05) is 12.3 Å². The van der Waals surface area contributed by atoms with E-state index in [2.05, 4.69) is 17.5 Å². The third kappa shape index (κ3) is 1.92. The quantitative estimate of drug-likeness (QED) is 0.695. The van der Waals surface area contributed by atoms with Crippen molar-refractivity contribution in [1.29, 1.82) is 0 Å². The molecule has 1 heterocycles. The van der Waals surface area contributed by atoms with E-state index < -0.39 is 0 Å². The van der Waals surface area contributed by atoms with E-state index in [4.69, 9.17) is 0 Å². The topological polar surface area (TPSA) is 20.3 Å². The maximum atomic E-state index is 11.4. The van der Waals surface area contributed by atoms with Crippen molar-refractivity contribution in [2.24, 2.45) is 11.8 Å². The summed E-state index contributed by atoms with van der Waals surface area (Å²) in [5.41, 5.74) is 0. The van der Waals surface area contributed by atoms with Gasteiger partial charge in [-0.15, -0.1) is 0 Å². The zero-order chi connectivity index (χ0) is 10.1. The molecule has 1 saturated heterocycles. The van der Waals surface area contributed by atoms with Gasteiger partial charge in [-0.25, -0.2) is 0 Å². The molecule has 0 spiro atoms. The fraction of sp³-hybridized carbons (Fsp3) is 0.909. The highest BCUT2D eigenvalue weighted by molar-refractivity contribution is 7.80. The number of hydrogen-bond acceptors (Lipinski definition) is 2. The second-order valence-electron chi connectivity index (χ2n) is 4.62. The number of hydrogen-bond donors (Lipinski definition) is 1. The van der Waals surface area contributed by atoms with Crippen molar-refractivity contribution in [3.63, 3.8) is 0 Å². The first kappa shape index (κ1) is 10.3. The van der Waals surface area contributed by atoms with E-state index in [9.17, 15) is 4.79 Å². The smallest absolute Gasteiger partial charge is 0.219 e. The van der Waals surface area contributed by atoms with Gasteiger partial charge in [0.15, 0.2) is 0 Å². The van der Waals surface area contributed by atoms with Gasteiger partial charge in [-0.1, -0.05) is 0 Å². The van der Waals surface area contributed by atoms with E-state index in [0.29, 0.717) is 6.04 Å². The predicted molar refractivity (Wildman–Crippen MR) is 60.5 cm³/mol. The summed E-state index contributed by atoms with van der Waals surface area (Å²) in [6, 6.07) is 0.540. The average Bonchev–Trinajstić information content (AvgIpc) is 2.96. The third-order valence-corrected chi connectivity index (χ3v) is 4.13. The number of piperidine rings is 1. The Labute approximate surface area is 91.5 Å². The summed E-state index contributed by atoms with van der Waals surface area (Å²) in [6.07, 6.45) is 4.99. The predicted octanol–water partition coefficient (Wildman–Crippen LogP) is 1.95. The minimum atomic E-state index is 0.263. The second-order valence-corrected chi connectivity index (χ2v) is 4.98. The summed E-state index contributed by atoms with van der Waals surface area (Å²) in [6.45, 7) is 2.69. The fourth-order valence-corrected chi connectivity index (χ4v) is 3.17. The lowest BCUT2D eigenvalue weighted by atomic mass is 9.97. The summed E-state index contributed by atoms with van der Waals surface area (Å²) in [5, 5.41) is 0. The molecule has 14 heavy (non-hydrogen) atoms. The van der Waals surface area contributed by atoms with Crippen LogP contribution in [0.3, 0.4) is 0 Å². The SMILES string of the molecule is CC(=O)N1CCCCC1C1CC1CS. The van der Waals surface area contributed by atoms with E-state index in [1.807, 2.05) is 0 Å². The number of carbonyl (C=O) groups is 1. The molecule has 1 aliphatic carbocycles. The molecule has 0 bridgehead atoms. The normalized spacial score (nSPS) is 37.0. The molecular formula is C11H19NOS. The Hall–Kier alpha value is -0.180. The van der Waals surface area contributed by atoms with Gasteiger partial charge in [-0.3, -0.25) is 4.79 Å². The first-order valence-electron chi connectivity index (χ1n) is 5.62. The monoisotopic (exact) mass is 213 g/mol. The summed E-state index contributed by atoms with van der Waals surface area (Å²) in [4.78, 5) is 13.5. The lowest BCUT2D eigenvalue weighted by molar-refractivity contribution is -0.133. The number of carbonyl (C=O) groups excluding carboxylic acids is 1. The molecule has 0 radical (unpaired) electrons. The van der Waals surface area contributed by atoms with Crippen LogP contribution in [0.25, 0.3) is 0 Å². The largest absolute Gasteiger partial charge is 0.340 e. The summed E-state index contributed by atoms with van der Waals surface area (Å²) in [5.74, 6) is 2.80. The molecule has 80 valence electrons. The lowest BCUT2D eigenvalue weighted by Crippen LogP contribution is -2.44. The minimum absolute atomic E-state index is 0.263. The summed E-state index contributed by atoms with van der Waals surface area (Å²) < 4.78 is 0. The van der Waals surface area contributed by atoms with Gasteiger partial charge in [0.25, 0.3) is 0 Å². The molecule has 3 heteroatoms. The zero-order valence-corrected chi connectivity index (χ0v) is 9.67. The van der Waals surface area contributed by atoms with Gasteiger partial charge in [0, 0.05) is 19.5 Å². The molecular weight excluding hydrogens is 194 g/mol. The van der Waals surface area contributed by atoms with Crippen LogP contribution in [0.5, 0.6) is 0 Å². The van der Waals surface area contributed by atoms with Crippen LogP contribution in [0.15, 0.2) is 0 Å². The maximum absolute atomic E-state index is 11.4. The number of rotatable bonds is 2.